The van der Waals surface area contributed by atoms with Gasteiger partial charge in [0.15, 0.2) is 11.5 Å². The van der Waals surface area contributed by atoms with Crippen LogP contribution in [0.3, 0.4) is 0 Å². The molecule has 1 rings (SSSR count). The molecule has 96 valence electrons. The quantitative estimate of drug-likeness (QED) is 0.778. The largest absolute Gasteiger partial charge is 0.493 e. The molecule has 1 aromatic carbocycles. The van der Waals surface area contributed by atoms with E-state index in [-0.39, 0.29) is 0 Å². The van der Waals surface area contributed by atoms with Gasteiger partial charge in [0.1, 0.15) is 6.17 Å². The summed E-state index contributed by atoms with van der Waals surface area (Å²) in [6, 6.07) is 3.54. The zero-order valence-corrected chi connectivity index (χ0v) is 10.3. The summed E-state index contributed by atoms with van der Waals surface area (Å²) in [6.45, 7) is 1.83. The minimum absolute atomic E-state index is 0.371. The van der Waals surface area contributed by atoms with E-state index in [1.807, 2.05) is 0 Å². The highest BCUT2D eigenvalue weighted by Gasteiger charge is 2.16. The van der Waals surface area contributed by atoms with Gasteiger partial charge in [-0.3, -0.25) is 0 Å². The molecule has 0 aliphatic heterocycles. The van der Waals surface area contributed by atoms with Crippen LogP contribution in [0.25, 0.3) is 0 Å². The second kappa shape index (κ2) is 6.42. The summed E-state index contributed by atoms with van der Waals surface area (Å²) in [7, 11) is 3.01. The normalized spacial score (nSPS) is 12.3. The van der Waals surface area contributed by atoms with Crippen LogP contribution < -0.4 is 15.4 Å². The third-order valence-electron chi connectivity index (χ3n) is 2.50. The highest BCUT2D eigenvalue weighted by Crippen LogP contribution is 2.37. The first-order valence-corrected chi connectivity index (χ1v) is 5.34. The van der Waals surface area contributed by atoms with Crippen molar-refractivity contribution >= 4 is 0 Å². The fraction of sp³-hybridized carbons (Fsp3) is 0.500. The average Bonchev–Trinajstić information content (AvgIpc) is 2.34. The van der Waals surface area contributed by atoms with Gasteiger partial charge in [-0.25, -0.2) is 10.3 Å². The fourth-order valence-electron chi connectivity index (χ4n) is 1.67. The minimum atomic E-state index is -1.13. The van der Waals surface area contributed by atoms with E-state index in [2.05, 4.69) is 4.84 Å². The molecule has 0 bridgehead atoms. The van der Waals surface area contributed by atoms with E-state index in [1.165, 1.54) is 21.1 Å². The highest BCUT2D eigenvalue weighted by atomic mass is 19.1. The maximum absolute atomic E-state index is 13.5. The van der Waals surface area contributed by atoms with Gasteiger partial charge in [0, 0.05) is 5.56 Å². The summed E-state index contributed by atoms with van der Waals surface area (Å²) in [4.78, 5) is 4.51. The zero-order chi connectivity index (χ0) is 12.8. The molecule has 0 saturated heterocycles. The molecule has 0 aromatic heterocycles. The Bertz CT molecular complexity index is 369. The molecule has 17 heavy (non-hydrogen) atoms. The third kappa shape index (κ3) is 3.31. The van der Waals surface area contributed by atoms with E-state index in [1.54, 1.807) is 12.1 Å². The fourth-order valence-corrected chi connectivity index (χ4v) is 1.67. The SMILES string of the molecule is COc1cc(CCON)cc(C(C)F)c1OC. The second-order valence-corrected chi connectivity index (χ2v) is 3.66. The van der Waals surface area contributed by atoms with Gasteiger partial charge in [-0.15, -0.1) is 0 Å². The van der Waals surface area contributed by atoms with E-state index in [4.69, 9.17) is 15.4 Å². The van der Waals surface area contributed by atoms with Crippen molar-refractivity contribution in [3.63, 3.8) is 0 Å². The Labute approximate surface area is 100 Å². The minimum Gasteiger partial charge on any atom is -0.493 e. The lowest BCUT2D eigenvalue weighted by Crippen LogP contribution is -2.05. The number of benzene rings is 1. The van der Waals surface area contributed by atoms with E-state index < -0.39 is 6.17 Å². The number of methoxy groups -OCH3 is 2. The maximum atomic E-state index is 13.5. The van der Waals surface area contributed by atoms with E-state index >= 15 is 0 Å². The summed E-state index contributed by atoms with van der Waals surface area (Å²) in [6.07, 6.45) is -0.533. The smallest absolute Gasteiger partial charge is 0.166 e. The first-order chi connectivity index (χ1) is 8.13. The second-order valence-electron chi connectivity index (χ2n) is 3.66. The Morgan fingerprint density at radius 1 is 1.29 bits per heavy atom. The maximum Gasteiger partial charge on any atom is 0.166 e. The standard InChI is InChI=1S/C12H18FNO3/c1-8(13)10-6-9(4-5-17-14)7-11(15-2)12(10)16-3/h6-8H,4-5,14H2,1-3H3. The van der Waals surface area contributed by atoms with Gasteiger partial charge >= 0.3 is 0 Å². The number of nitrogens with two attached hydrogens (primary N) is 1. The van der Waals surface area contributed by atoms with Crippen molar-refractivity contribution in [1.82, 2.24) is 0 Å². The lowest BCUT2D eigenvalue weighted by Gasteiger charge is -2.15. The highest BCUT2D eigenvalue weighted by molar-refractivity contribution is 5.50. The first-order valence-electron chi connectivity index (χ1n) is 5.34. The molecule has 0 aliphatic rings. The summed E-state index contributed by atoms with van der Waals surface area (Å²) in [5.74, 6) is 5.92. The topological polar surface area (TPSA) is 53.7 Å². The van der Waals surface area contributed by atoms with Crippen LogP contribution >= 0.6 is 0 Å². The van der Waals surface area contributed by atoms with Crippen LogP contribution in [0.5, 0.6) is 11.5 Å². The molecular formula is C12H18FNO3. The van der Waals surface area contributed by atoms with Crippen LogP contribution in [0.15, 0.2) is 12.1 Å². The van der Waals surface area contributed by atoms with Gasteiger partial charge in [-0.2, -0.15) is 0 Å². The Balaban J connectivity index is 3.15. The van der Waals surface area contributed by atoms with Crippen molar-refractivity contribution in [3.05, 3.63) is 23.3 Å². The van der Waals surface area contributed by atoms with Crippen LogP contribution in [0, 0.1) is 0 Å². The van der Waals surface area contributed by atoms with E-state index in [9.17, 15) is 4.39 Å². The number of hydrogen-bond acceptors (Lipinski definition) is 4. The van der Waals surface area contributed by atoms with Gasteiger partial charge in [0.25, 0.3) is 0 Å². The third-order valence-corrected chi connectivity index (χ3v) is 2.50. The Hall–Kier alpha value is -1.33. The van der Waals surface area contributed by atoms with Crippen molar-refractivity contribution in [1.29, 1.82) is 0 Å². The van der Waals surface area contributed by atoms with Crippen LogP contribution in [0.4, 0.5) is 4.39 Å². The summed E-state index contributed by atoms with van der Waals surface area (Å²) >= 11 is 0. The molecule has 5 heteroatoms. The molecular weight excluding hydrogens is 225 g/mol. The van der Waals surface area contributed by atoms with Gasteiger partial charge in [-0.05, 0) is 31.0 Å². The molecule has 4 nitrogen and oxygen atoms in total. The van der Waals surface area contributed by atoms with Crippen molar-refractivity contribution < 1.29 is 18.7 Å². The molecule has 0 saturated carbocycles. The lowest BCUT2D eigenvalue weighted by molar-refractivity contribution is 0.141. The predicted molar refractivity (Wildman–Crippen MR) is 62.9 cm³/mol. The van der Waals surface area contributed by atoms with Crippen LogP contribution in [-0.2, 0) is 11.3 Å². The number of rotatable bonds is 6. The average molecular weight is 243 g/mol. The van der Waals surface area contributed by atoms with Gasteiger partial charge in [0.2, 0.25) is 0 Å². The number of halogens is 1. The molecule has 1 aromatic rings. The van der Waals surface area contributed by atoms with Gasteiger partial charge in [0.05, 0.1) is 20.8 Å². The van der Waals surface area contributed by atoms with Crippen molar-refractivity contribution in [2.75, 3.05) is 20.8 Å². The van der Waals surface area contributed by atoms with Crippen molar-refractivity contribution in [2.45, 2.75) is 19.5 Å². The van der Waals surface area contributed by atoms with Gasteiger partial charge in [-0.1, -0.05) is 0 Å². The van der Waals surface area contributed by atoms with Crippen LogP contribution in [0.2, 0.25) is 0 Å². The first kappa shape index (κ1) is 13.7. The predicted octanol–water partition coefficient (Wildman–Crippen LogP) is 2.17. The van der Waals surface area contributed by atoms with Crippen molar-refractivity contribution in [3.8, 4) is 11.5 Å². The molecule has 0 radical (unpaired) electrons. The number of alkyl halides is 1. The monoisotopic (exact) mass is 243 g/mol. The lowest BCUT2D eigenvalue weighted by atomic mass is 10.0. The molecule has 1 atom stereocenters. The number of ether oxygens (including phenoxy) is 2. The molecule has 0 spiro atoms. The molecule has 0 aliphatic carbocycles. The van der Waals surface area contributed by atoms with Crippen LogP contribution in [-0.4, -0.2) is 20.8 Å². The summed E-state index contributed by atoms with van der Waals surface area (Å²) < 4.78 is 23.9. The van der Waals surface area contributed by atoms with E-state index in [0.29, 0.717) is 30.1 Å². The molecule has 0 heterocycles. The molecule has 1 unspecified atom stereocenters. The Morgan fingerprint density at radius 2 is 2.00 bits per heavy atom. The Morgan fingerprint density at radius 3 is 2.47 bits per heavy atom. The van der Waals surface area contributed by atoms with Crippen LogP contribution in [0.1, 0.15) is 24.2 Å². The van der Waals surface area contributed by atoms with Gasteiger partial charge < -0.3 is 14.3 Å². The Kier molecular flexibility index (Phi) is 5.18. The zero-order valence-electron chi connectivity index (χ0n) is 10.3. The molecule has 2 N–H and O–H groups in total. The molecule has 0 fully saturated rings. The summed E-state index contributed by atoms with van der Waals surface area (Å²) in [5, 5.41) is 0. The molecule has 0 amide bonds. The van der Waals surface area contributed by atoms with Crippen molar-refractivity contribution in [2.24, 2.45) is 5.90 Å². The number of hydrogen-bond donors (Lipinski definition) is 1. The van der Waals surface area contributed by atoms with E-state index in [0.717, 1.165) is 5.56 Å². The summed E-state index contributed by atoms with van der Waals surface area (Å²) in [5.41, 5.74) is 1.37.